The first-order valence-electron chi connectivity index (χ1n) is 5.64. The van der Waals surface area contributed by atoms with Crippen LogP contribution in [-0.4, -0.2) is 43.6 Å². The van der Waals surface area contributed by atoms with Crippen LogP contribution in [0.5, 0.6) is 0 Å². The maximum Gasteiger partial charge on any atom is 0.0700 e. The van der Waals surface area contributed by atoms with Crippen molar-refractivity contribution in [3.63, 3.8) is 0 Å². The fourth-order valence-corrected chi connectivity index (χ4v) is 1.41. The molecule has 0 saturated carbocycles. The fraction of sp³-hybridized carbons (Fsp3) is 1.00. The second-order valence-electron chi connectivity index (χ2n) is 3.32. The van der Waals surface area contributed by atoms with Crippen LogP contribution in [0, 0.1) is 0 Å². The van der Waals surface area contributed by atoms with Crippen molar-refractivity contribution in [3.05, 3.63) is 0 Å². The Labute approximate surface area is 107 Å². The standard InChI is InChI=1S/C11H23IO3/c1-3-15-11(2)5-8-14-10-9-13-7-4-6-12/h11H,3-10H2,1-2H3. The molecule has 0 amide bonds. The van der Waals surface area contributed by atoms with Crippen molar-refractivity contribution in [3.8, 4) is 0 Å². The molecule has 0 aromatic carbocycles. The minimum absolute atomic E-state index is 0.301. The average molecular weight is 330 g/mol. The second-order valence-corrected chi connectivity index (χ2v) is 4.40. The smallest absolute Gasteiger partial charge is 0.0700 e. The molecule has 0 fully saturated rings. The van der Waals surface area contributed by atoms with Crippen LogP contribution in [0.3, 0.4) is 0 Å². The van der Waals surface area contributed by atoms with E-state index in [9.17, 15) is 0 Å². The molecular weight excluding hydrogens is 307 g/mol. The highest BCUT2D eigenvalue weighted by Crippen LogP contribution is 1.97. The van der Waals surface area contributed by atoms with Crippen LogP contribution in [0.15, 0.2) is 0 Å². The third-order valence-electron chi connectivity index (χ3n) is 1.91. The van der Waals surface area contributed by atoms with Gasteiger partial charge in [-0.25, -0.2) is 0 Å². The first-order valence-corrected chi connectivity index (χ1v) is 7.16. The van der Waals surface area contributed by atoms with Gasteiger partial charge in [-0.15, -0.1) is 0 Å². The Bertz CT molecular complexity index is 122. The summed E-state index contributed by atoms with van der Waals surface area (Å²) in [6.07, 6.45) is 2.39. The van der Waals surface area contributed by atoms with Gasteiger partial charge in [-0.05, 0) is 26.7 Å². The van der Waals surface area contributed by atoms with Crippen molar-refractivity contribution >= 4 is 22.6 Å². The number of halogens is 1. The molecule has 0 aromatic heterocycles. The fourth-order valence-electron chi connectivity index (χ4n) is 1.10. The van der Waals surface area contributed by atoms with E-state index in [1.54, 1.807) is 0 Å². The molecule has 0 heterocycles. The van der Waals surface area contributed by atoms with E-state index in [4.69, 9.17) is 14.2 Å². The summed E-state index contributed by atoms with van der Waals surface area (Å²) in [5.74, 6) is 0. The monoisotopic (exact) mass is 330 g/mol. The maximum atomic E-state index is 5.42. The highest BCUT2D eigenvalue weighted by Gasteiger charge is 1.99. The van der Waals surface area contributed by atoms with E-state index in [0.717, 1.165) is 37.1 Å². The van der Waals surface area contributed by atoms with Crippen molar-refractivity contribution < 1.29 is 14.2 Å². The summed E-state index contributed by atoms with van der Waals surface area (Å²) >= 11 is 2.35. The van der Waals surface area contributed by atoms with Gasteiger partial charge in [-0.1, -0.05) is 22.6 Å². The van der Waals surface area contributed by atoms with Crippen LogP contribution in [0.4, 0.5) is 0 Å². The molecule has 0 saturated heterocycles. The lowest BCUT2D eigenvalue weighted by molar-refractivity contribution is 0.0164. The van der Waals surface area contributed by atoms with Gasteiger partial charge in [-0.3, -0.25) is 0 Å². The summed E-state index contributed by atoms with van der Waals surface area (Å²) < 4.78 is 17.3. The van der Waals surface area contributed by atoms with Gasteiger partial charge in [0.1, 0.15) is 0 Å². The molecule has 0 rings (SSSR count). The Kier molecular flexibility index (Phi) is 13.2. The van der Waals surface area contributed by atoms with Crippen molar-refractivity contribution in [1.82, 2.24) is 0 Å². The minimum Gasteiger partial charge on any atom is -0.379 e. The molecule has 0 radical (unpaired) electrons. The normalized spacial score (nSPS) is 13.0. The number of ether oxygens (including phenoxy) is 3. The van der Waals surface area contributed by atoms with Gasteiger partial charge in [-0.2, -0.15) is 0 Å². The summed E-state index contributed by atoms with van der Waals surface area (Å²) in [6, 6.07) is 0. The number of rotatable bonds is 11. The summed E-state index contributed by atoms with van der Waals surface area (Å²) in [7, 11) is 0. The summed E-state index contributed by atoms with van der Waals surface area (Å²) in [5, 5.41) is 0. The van der Waals surface area contributed by atoms with E-state index in [0.29, 0.717) is 19.3 Å². The molecule has 0 aromatic rings. The zero-order chi connectivity index (χ0) is 11.4. The van der Waals surface area contributed by atoms with E-state index in [1.807, 2.05) is 6.92 Å². The topological polar surface area (TPSA) is 27.7 Å². The summed E-state index contributed by atoms with van der Waals surface area (Å²) in [5.41, 5.74) is 0. The van der Waals surface area contributed by atoms with E-state index in [1.165, 1.54) is 0 Å². The second kappa shape index (κ2) is 12.7. The van der Waals surface area contributed by atoms with Crippen molar-refractivity contribution in [1.29, 1.82) is 0 Å². The maximum absolute atomic E-state index is 5.42. The quantitative estimate of drug-likeness (QED) is 0.331. The lowest BCUT2D eigenvalue weighted by Crippen LogP contribution is -2.13. The summed E-state index contributed by atoms with van der Waals surface area (Å²) in [4.78, 5) is 0. The van der Waals surface area contributed by atoms with Crippen molar-refractivity contribution in [2.24, 2.45) is 0 Å². The predicted octanol–water partition coefficient (Wildman–Crippen LogP) is 2.66. The molecule has 0 aliphatic carbocycles. The molecule has 1 atom stereocenters. The number of hydrogen-bond acceptors (Lipinski definition) is 3. The Morgan fingerprint density at radius 3 is 2.33 bits per heavy atom. The van der Waals surface area contributed by atoms with Crippen LogP contribution in [0.1, 0.15) is 26.7 Å². The molecule has 3 nitrogen and oxygen atoms in total. The first-order chi connectivity index (χ1) is 7.31. The average Bonchev–Trinajstić information content (AvgIpc) is 2.22. The van der Waals surface area contributed by atoms with E-state index >= 15 is 0 Å². The Morgan fingerprint density at radius 1 is 1.07 bits per heavy atom. The molecule has 0 spiro atoms. The molecule has 0 aliphatic rings. The molecule has 0 N–H and O–H groups in total. The molecule has 15 heavy (non-hydrogen) atoms. The van der Waals surface area contributed by atoms with Crippen LogP contribution >= 0.6 is 22.6 Å². The lowest BCUT2D eigenvalue weighted by atomic mass is 10.3. The minimum atomic E-state index is 0.301. The highest BCUT2D eigenvalue weighted by molar-refractivity contribution is 14.1. The lowest BCUT2D eigenvalue weighted by Gasteiger charge is -2.11. The number of hydrogen-bond donors (Lipinski definition) is 0. The van der Waals surface area contributed by atoms with Gasteiger partial charge in [0.25, 0.3) is 0 Å². The van der Waals surface area contributed by atoms with Crippen LogP contribution < -0.4 is 0 Å². The first kappa shape index (κ1) is 15.6. The molecule has 92 valence electrons. The Balaban J connectivity index is 2.98. The largest absolute Gasteiger partial charge is 0.379 e. The highest BCUT2D eigenvalue weighted by atomic mass is 127. The SMILES string of the molecule is CCOC(C)CCOCCOCCCI. The van der Waals surface area contributed by atoms with Crippen molar-refractivity contribution in [2.75, 3.05) is 37.5 Å². The van der Waals surface area contributed by atoms with Crippen LogP contribution in [-0.2, 0) is 14.2 Å². The predicted molar refractivity (Wildman–Crippen MR) is 70.8 cm³/mol. The van der Waals surface area contributed by atoms with Crippen molar-refractivity contribution in [2.45, 2.75) is 32.8 Å². The van der Waals surface area contributed by atoms with Gasteiger partial charge >= 0.3 is 0 Å². The molecule has 0 aliphatic heterocycles. The van der Waals surface area contributed by atoms with Crippen LogP contribution in [0.25, 0.3) is 0 Å². The van der Waals surface area contributed by atoms with Gasteiger partial charge in [0, 0.05) is 24.2 Å². The molecular formula is C11H23IO3. The molecule has 1 unspecified atom stereocenters. The third kappa shape index (κ3) is 12.5. The van der Waals surface area contributed by atoms with E-state index in [2.05, 4.69) is 29.5 Å². The molecule has 4 heteroatoms. The summed E-state index contributed by atoms with van der Waals surface area (Å²) in [6.45, 7) is 7.88. The van der Waals surface area contributed by atoms with Gasteiger partial charge < -0.3 is 14.2 Å². The third-order valence-corrected chi connectivity index (χ3v) is 2.68. The van der Waals surface area contributed by atoms with Gasteiger partial charge in [0.15, 0.2) is 0 Å². The van der Waals surface area contributed by atoms with E-state index < -0.39 is 0 Å². The van der Waals surface area contributed by atoms with Gasteiger partial charge in [0.2, 0.25) is 0 Å². The molecule has 0 bridgehead atoms. The van der Waals surface area contributed by atoms with Gasteiger partial charge in [0.05, 0.1) is 19.3 Å². The zero-order valence-corrected chi connectivity index (χ0v) is 12.0. The van der Waals surface area contributed by atoms with E-state index in [-0.39, 0.29) is 0 Å². The zero-order valence-electron chi connectivity index (χ0n) is 9.84. The number of alkyl halides is 1. The Hall–Kier alpha value is 0.610. The Morgan fingerprint density at radius 2 is 1.73 bits per heavy atom. The van der Waals surface area contributed by atoms with Crippen LogP contribution in [0.2, 0.25) is 0 Å².